The molecule has 1 N–H and O–H groups in total. The monoisotopic (exact) mass is 575 g/mol. The lowest BCUT2D eigenvalue weighted by Crippen LogP contribution is -2.48. The van der Waals surface area contributed by atoms with E-state index in [9.17, 15) is 4.79 Å². The number of rotatable bonds is 8. The first-order chi connectivity index (χ1) is 21.0. The maximum absolute atomic E-state index is 13.7. The van der Waals surface area contributed by atoms with Crippen LogP contribution < -0.4 is 15.0 Å². The summed E-state index contributed by atoms with van der Waals surface area (Å²) in [6, 6.07) is 24.4. The number of aryl methyl sites for hydroxylation is 4. The summed E-state index contributed by atoms with van der Waals surface area (Å²) in [5.41, 5.74) is 5.48. The van der Waals surface area contributed by atoms with Crippen molar-refractivity contribution in [2.75, 3.05) is 33.0 Å². The normalized spacial score (nSPS) is 16.0. The van der Waals surface area contributed by atoms with Crippen molar-refractivity contribution in [2.24, 2.45) is 0 Å². The largest absolute Gasteiger partial charge is 0.454 e. The third kappa shape index (κ3) is 5.45. The van der Waals surface area contributed by atoms with Crippen molar-refractivity contribution in [3.05, 3.63) is 111 Å². The molecule has 10 nitrogen and oxygen atoms in total. The summed E-state index contributed by atoms with van der Waals surface area (Å²) in [6.07, 6.45) is 0.784. The lowest BCUT2D eigenvalue weighted by Gasteiger charge is -2.38. The highest BCUT2D eigenvalue weighted by atomic mass is 16.7. The number of aromatic nitrogens is 5. The number of hydrogen-bond donors (Lipinski definition) is 1. The van der Waals surface area contributed by atoms with E-state index in [1.165, 1.54) is 11.1 Å². The van der Waals surface area contributed by atoms with Gasteiger partial charge in [0.25, 0.3) is 5.56 Å². The van der Waals surface area contributed by atoms with Gasteiger partial charge in [-0.25, -0.2) is 4.68 Å². The third-order valence-electron chi connectivity index (χ3n) is 8.46. The van der Waals surface area contributed by atoms with Crippen LogP contribution in [0.1, 0.15) is 39.7 Å². The van der Waals surface area contributed by atoms with Crippen molar-refractivity contribution in [1.29, 1.82) is 0 Å². The number of nitrogens with one attached hydrogen (secondary N) is 1. The quantitative estimate of drug-likeness (QED) is 0.300. The number of nitrogens with zero attached hydrogens (tertiary/aromatic N) is 6. The summed E-state index contributed by atoms with van der Waals surface area (Å²) < 4.78 is 12.9. The molecule has 1 saturated heterocycles. The summed E-state index contributed by atoms with van der Waals surface area (Å²) in [6.45, 7) is 8.81. The van der Waals surface area contributed by atoms with E-state index in [2.05, 4.69) is 66.7 Å². The number of pyridine rings is 1. The molecule has 5 aromatic rings. The summed E-state index contributed by atoms with van der Waals surface area (Å²) in [7, 11) is 0. The molecule has 43 heavy (non-hydrogen) atoms. The van der Waals surface area contributed by atoms with Gasteiger partial charge in [-0.3, -0.25) is 14.6 Å². The number of hydrogen-bond acceptors (Lipinski definition) is 8. The Hall–Kier alpha value is -4.72. The van der Waals surface area contributed by atoms with Crippen LogP contribution in [0.4, 0.5) is 0 Å². The van der Waals surface area contributed by atoms with Crippen LogP contribution in [-0.2, 0) is 19.5 Å². The SMILES string of the molecule is Cc1c#cc(C)c2[nH]c(=O)c(C(c3nnnn3CCc3ccccc3)N3CCN(Cc4ccc5c(c4)OCO5)CC3)cc12. The highest BCUT2D eigenvalue weighted by molar-refractivity contribution is 5.84. The molecule has 0 aliphatic carbocycles. The van der Waals surface area contributed by atoms with E-state index in [4.69, 9.17) is 9.47 Å². The first kappa shape index (κ1) is 27.1. The zero-order chi connectivity index (χ0) is 29.3. The molecule has 2 aliphatic rings. The Balaban J connectivity index is 1.19. The second-order valence-corrected chi connectivity index (χ2v) is 11.2. The predicted molar refractivity (Wildman–Crippen MR) is 161 cm³/mol. The summed E-state index contributed by atoms with van der Waals surface area (Å²) in [5, 5.41) is 13.9. The number of aromatic amines is 1. The number of piperazine rings is 1. The molecule has 3 aromatic carbocycles. The molecule has 1 unspecified atom stereocenters. The van der Waals surface area contributed by atoms with E-state index in [0.29, 0.717) is 17.9 Å². The van der Waals surface area contributed by atoms with Gasteiger partial charge in [0.05, 0.1) is 5.52 Å². The van der Waals surface area contributed by atoms with E-state index in [-0.39, 0.29) is 12.4 Å². The topological polar surface area (TPSA) is 101 Å². The first-order valence-corrected chi connectivity index (χ1v) is 14.7. The van der Waals surface area contributed by atoms with Crippen LogP contribution in [0.3, 0.4) is 0 Å². The van der Waals surface area contributed by atoms with Crippen LogP contribution in [0.25, 0.3) is 10.9 Å². The predicted octanol–water partition coefficient (Wildman–Crippen LogP) is 3.61. The molecule has 4 heterocycles. The van der Waals surface area contributed by atoms with Crippen molar-refractivity contribution >= 4 is 10.9 Å². The highest BCUT2D eigenvalue weighted by Crippen LogP contribution is 2.33. The van der Waals surface area contributed by atoms with Gasteiger partial charge in [-0.05, 0) is 60.0 Å². The molecule has 1 fully saturated rings. The summed E-state index contributed by atoms with van der Waals surface area (Å²) >= 11 is 0. The second-order valence-electron chi connectivity index (χ2n) is 11.2. The van der Waals surface area contributed by atoms with E-state index < -0.39 is 6.04 Å². The van der Waals surface area contributed by atoms with Crippen molar-refractivity contribution in [3.63, 3.8) is 0 Å². The number of H-pyrrole nitrogens is 1. The van der Waals surface area contributed by atoms with Gasteiger partial charge in [-0.15, -0.1) is 5.10 Å². The molecule has 0 bridgehead atoms. The lowest BCUT2D eigenvalue weighted by atomic mass is 10.00. The minimum absolute atomic E-state index is 0.139. The molecular formula is C33H33N7O3. The molecule has 0 radical (unpaired) electrons. The Labute approximate surface area is 249 Å². The van der Waals surface area contributed by atoms with Crippen LogP contribution in [0.15, 0.2) is 59.4 Å². The number of benzene rings is 2. The Kier molecular flexibility index (Phi) is 7.27. The summed E-state index contributed by atoms with van der Waals surface area (Å²) in [4.78, 5) is 21.6. The molecule has 0 amide bonds. The minimum atomic E-state index is -0.407. The Morgan fingerprint density at radius 1 is 0.930 bits per heavy atom. The molecule has 7 rings (SSSR count). The number of tetrazole rings is 1. The fraction of sp³-hybridized carbons (Fsp3) is 0.333. The number of fused-ring (bicyclic) bond motifs is 2. The zero-order valence-electron chi connectivity index (χ0n) is 24.3. The fourth-order valence-electron chi connectivity index (χ4n) is 6.08. The second kappa shape index (κ2) is 11.5. The fourth-order valence-corrected chi connectivity index (χ4v) is 6.08. The Morgan fingerprint density at radius 3 is 2.56 bits per heavy atom. The van der Waals surface area contributed by atoms with Crippen LogP contribution in [0.2, 0.25) is 0 Å². The van der Waals surface area contributed by atoms with Gasteiger partial charge in [0.2, 0.25) is 6.79 Å². The third-order valence-corrected chi connectivity index (χ3v) is 8.46. The van der Waals surface area contributed by atoms with Gasteiger partial charge in [0.15, 0.2) is 17.3 Å². The average Bonchev–Trinajstić information content (AvgIpc) is 3.69. The molecule has 10 heteroatoms. The van der Waals surface area contributed by atoms with Gasteiger partial charge in [-0.2, -0.15) is 0 Å². The van der Waals surface area contributed by atoms with Crippen LogP contribution in [0.5, 0.6) is 11.5 Å². The Morgan fingerprint density at radius 2 is 1.72 bits per heavy atom. The van der Waals surface area contributed by atoms with Gasteiger partial charge in [0, 0.05) is 61.3 Å². The van der Waals surface area contributed by atoms with Crippen molar-refractivity contribution in [2.45, 2.75) is 39.4 Å². The van der Waals surface area contributed by atoms with E-state index >= 15 is 0 Å². The molecule has 0 spiro atoms. The molecule has 0 saturated carbocycles. The first-order valence-electron chi connectivity index (χ1n) is 14.7. The molecule has 1 atom stereocenters. The van der Waals surface area contributed by atoms with Crippen molar-refractivity contribution < 1.29 is 9.47 Å². The van der Waals surface area contributed by atoms with Crippen molar-refractivity contribution in [3.8, 4) is 11.5 Å². The highest BCUT2D eigenvalue weighted by Gasteiger charge is 2.33. The average molecular weight is 576 g/mol. The van der Waals surface area contributed by atoms with Gasteiger partial charge in [-0.1, -0.05) is 48.5 Å². The van der Waals surface area contributed by atoms with E-state index in [0.717, 1.165) is 72.7 Å². The zero-order valence-corrected chi connectivity index (χ0v) is 24.3. The van der Waals surface area contributed by atoms with Crippen LogP contribution >= 0.6 is 0 Å². The smallest absolute Gasteiger partial charge is 0.253 e. The molecular weight excluding hydrogens is 542 g/mol. The molecule has 2 aromatic heterocycles. The van der Waals surface area contributed by atoms with Gasteiger partial charge >= 0.3 is 0 Å². The standard InChI is InChI=1S/C33H33N7O3/c1-22-8-9-23(2)30-26(22)19-27(33(41)34-30)31(32-35-36-37-40(32)13-12-24-6-4-3-5-7-24)39-16-14-38(15-17-39)20-25-10-11-28-29(18-25)43-21-42-28/h3-7,10-11,18-19,31H,12-17,20-21H2,1-2H3,(H,34,41). The maximum Gasteiger partial charge on any atom is 0.253 e. The number of ether oxygens (including phenoxy) is 2. The van der Waals surface area contributed by atoms with Crippen LogP contribution in [0, 0.1) is 26.0 Å². The van der Waals surface area contributed by atoms with Crippen molar-refractivity contribution in [1.82, 2.24) is 35.0 Å². The van der Waals surface area contributed by atoms with E-state index in [1.54, 1.807) is 0 Å². The van der Waals surface area contributed by atoms with Gasteiger partial charge < -0.3 is 14.5 Å². The van der Waals surface area contributed by atoms with Crippen LogP contribution in [-0.4, -0.2) is 68.0 Å². The van der Waals surface area contributed by atoms with Gasteiger partial charge in [0.1, 0.15) is 6.04 Å². The van der Waals surface area contributed by atoms with E-state index in [1.807, 2.05) is 48.9 Å². The maximum atomic E-state index is 13.7. The Bertz CT molecular complexity index is 1810. The molecule has 218 valence electrons. The minimum Gasteiger partial charge on any atom is -0.454 e. The lowest BCUT2D eigenvalue weighted by molar-refractivity contribution is 0.0996. The summed E-state index contributed by atoms with van der Waals surface area (Å²) in [5.74, 6) is 2.27. The molecule has 2 aliphatic heterocycles.